The van der Waals surface area contributed by atoms with Gasteiger partial charge in [-0.05, 0) is 51.7 Å². The van der Waals surface area contributed by atoms with Crippen LogP contribution in [0, 0.1) is 0 Å². The molecule has 0 bridgehead atoms. The number of nitrogens with one attached hydrogen (secondary N) is 1. The van der Waals surface area contributed by atoms with Crippen LogP contribution in [-0.2, 0) is 14.3 Å². The molecular weight excluding hydrogens is 452 g/mol. The molecule has 0 heterocycles. The molecule has 0 saturated carbocycles. The van der Waals surface area contributed by atoms with Gasteiger partial charge in [-0.25, -0.2) is 4.79 Å². The van der Waals surface area contributed by atoms with Crippen molar-refractivity contribution in [1.29, 1.82) is 0 Å². The molecular formula is C30H60N2O4. The summed E-state index contributed by atoms with van der Waals surface area (Å²) in [5.74, 6) is -0.0216. The van der Waals surface area contributed by atoms with Gasteiger partial charge in [0, 0.05) is 13.0 Å². The second kappa shape index (κ2) is 28.3. The van der Waals surface area contributed by atoms with Crippen LogP contribution < -0.4 is 5.32 Å². The minimum atomic E-state index is -0.348. The predicted molar refractivity (Wildman–Crippen MR) is 151 cm³/mol. The zero-order valence-corrected chi connectivity index (χ0v) is 24.3. The highest BCUT2D eigenvalue weighted by molar-refractivity contribution is 5.69. The molecule has 6 heteroatoms. The van der Waals surface area contributed by atoms with Gasteiger partial charge >= 0.3 is 12.1 Å². The molecule has 0 spiro atoms. The summed E-state index contributed by atoms with van der Waals surface area (Å²) in [5.41, 5.74) is 0. The van der Waals surface area contributed by atoms with E-state index >= 15 is 0 Å². The van der Waals surface area contributed by atoms with Crippen molar-refractivity contribution < 1.29 is 19.1 Å². The summed E-state index contributed by atoms with van der Waals surface area (Å²) >= 11 is 0. The third-order valence-electron chi connectivity index (χ3n) is 6.80. The first-order chi connectivity index (χ1) is 17.6. The first-order valence-corrected chi connectivity index (χ1v) is 15.3. The molecule has 0 radical (unpaired) electrons. The molecule has 1 N–H and O–H groups in total. The average molecular weight is 513 g/mol. The Kier molecular flexibility index (Phi) is 27.3. The van der Waals surface area contributed by atoms with E-state index in [4.69, 9.17) is 4.74 Å². The molecule has 0 aromatic heterocycles. The highest BCUT2D eigenvalue weighted by Gasteiger charge is 2.07. The lowest BCUT2D eigenvalue weighted by Crippen LogP contribution is -2.31. The Morgan fingerprint density at radius 2 is 1.08 bits per heavy atom. The third kappa shape index (κ3) is 25.8. The number of unbranched alkanes of at least 4 members (excludes halogenated alkanes) is 15. The number of ether oxygens (including phenoxy) is 2. The van der Waals surface area contributed by atoms with Crippen LogP contribution in [0.15, 0.2) is 0 Å². The Morgan fingerprint density at radius 3 is 1.64 bits per heavy atom. The van der Waals surface area contributed by atoms with E-state index in [0.29, 0.717) is 19.6 Å². The number of hydrogen-bond donors (Lipinski definition) is 1. The molecule has 36 heavy (non-hydrogen) atoms. The smallest absolute Gasteiger partial charge is 0.406 e. The van der Waals surface area contributed by atoms with Crippen molar-refractivity contribution in [3.63, 3.8) is 0 Å². The number of rotatable bonds is 27. The van der Waals surface area contributed by atoms with E-state index in [1.165, 1.54) is 103 Å². The Labute approximate surface area is 223 Å². The van der Waals surface area contributed by atoms with Crippen molar-refractivity contribution in [2.24, 2.45) is 0 Å². The number of nitrogens with zero attached hydrogens (tertiary/aromatic N) is 1. The van der Waals surface area contributed by atoms with Gasteiger partial charge in [0.1, 0.15) is 0 Å². The number of alkyl carbamates (subject to hydrolysis) is 1. The number of carbonyl (C=O) groups excluding carboxylic acids is 2. The van der Waals surface area contributed by atoms with Crippen molar-refractivity contribution in [3.8, 4) is 0 Å². The molecule has 0 aliphatic carbocycles. The number of carbonyl (C=O) groups is 2. The fourth-order valence-corrected chi connectivity index (χ4v) is 4.47. The maximum Gasteiger partial charge on any atom is 0.406 e. The zero-order chi connectivity index (χ0) is 26.5. The number of hydrogen-bond acceptors (Lipinski definition) is 5. The lowest BCUT2D eigenvalue weighted by atomic mass is 10.1. The molecule has 6 nitrogen and oxygen atoms in total. The van der Waals surface area contributed by atoms with E-state index in [1.54, 1.807) is 0 Å². The minimum Gasteiger partial charge on any atom is -0.466 e. The summed E-state index contributed by atoms with van der Waals surface area (Å²) in [6, 6.07) is 0. The van der Waals surface area contributed by atoms with Crippen LogP contribution in [0.4, 0.5) is 4.79 Å². The predicted octanol–water partition coefficient (Wildman–Crippen LogP) is 8.03. The van der Waals surface area contributed by atoms with Crippen LogP contribution in [-0.4, -0.2) is 56.9 Å². The van der Waals surface area contributed by atoms with Crippen LogP contribution in [0.2, 0.25) is 0 Å². The van der Waals surface area contributed by atoms with Crippen molar-refractivity contribution in [2.45, 2.75) is 142 Å². The van der Waals surface area contributed by atoms with Crippen molar-refractivity contribution in [3.05, 3.63) is 0 Å². The summed E-state index contributed by atoms with van der Waals surface area (Å²) in [6.45, 7) is 9.04. The number of esters is 1. The molecule has 1 amide bonds. The van der Waals surface area contributed by atoms with E-state index in [0.717, 1.165) is 45.3 Å². The van der Waals surface area contributed by atoms with Gasteiger partial charge in [0.2, 0.25) is 0 Å². The van der Waals surface area contributed by atoms with Gasteiger partial charge in [-0.1, -0.05) is 104 Å². The van der Waals surface area contributed by atoms with Gasteiger partial charge in [0.15, 0.2) is 0 Å². The maximum absolute atomic E-state index is 11.9. The van der Waals surface area contributed by atoms with Crippen molar-refractivity contribution in [2.75, 3.05) is 39.9 Å². The highest BCUT2D eigenvalue weighted by Crippen LogP contribution is 2.11. The van der Waals surface area contributed by atoms with Gasteiger partial charge in [0.25, 0.3) is 0 Å². The SMILES string of the molecule is CCCCCCCCCOC(=O)CCCCCCCN(CCCCCCCC)CCCNC(=O)OC. The van der Waals surface area contributed by atoms with Gasteiger partial charge in [-0.15, -0.1) is 0 Å². The second-order valence-electron chi connectivity index (χ2n) is 10.2. The fraction of sp³-hybridized carbons (Fsp3) is 0.933. The third-order valence-corrected chi connectivity index (χ3v) is 6.80. The average Bonchev–Trinajstić information content (AvgIpc) is 2.88. The zero-order valence-electron chi connectivity index (χ0n) is 24.3. The van der Waals surface area contributed by atoms with Gasteiger partial charge in [-0.3, -0.25) is 4.79 Å². The highest BCUT2D eigenvalue weighted by atomic mass is 16.5. The molecule has 0 atom stereocenters. The summed E-state index contributed by atoms with van der Waals surface area (Å²) in [5, 5.41) is 2.78. The van der Waals surface area contributed by atoms with Crippen LogP contribution >= 0.6 is 0 Å². The molecule has 0 aliphatic heterocycles. The molecule has 0 aromatic rings. The van der Waals surface area contributed by atoms with Gasteiger partial charge in [-0.2, -0.15) is 0 Å². The van der Waals surface area contributed by atoms with E-state index in [2.05, 4.69) is 28.8 Å². The first-order valence-electron chi connectivity index (χ1n) is 15.3. The monoisotopic (exact) mass is 512 g/mol. The van der Waals surface area contributed by atoms with Crippen LogP contribution in [0.5, 0.6) is 0 Å². The first kappa shape index (κ1) is 34.7. The topological polar surface area (TPSA) is 67.9 Å². The summed E-state index contributed by atoms with van der Waals surface area (Å²) < 4.78 is 10.0. The van der Waals surface area contributed by atoms with Crippen LogP contribution in [0.1, 0.15) is 142 Å². The van der Waals surface area contributed by atoms with Crippen molar-refractivity contribution >= 4 is 12.1 Å². The lowest BCUT2D eigenvalue weighted by Gasteiger charge is -2.22. The Bertz CT molecular complexity index is 488. The molecule has 214 valence electrons. The van der Waals surface area contributed by atoms with Crippen LogP contribution in [0.3, 0.4) is 0 Å². The largest absolute Gasteiger partial charge is 0.466 e. The van der Waals surface area contributed by atoms with E-state index < -0.39 is 0 Å². The minimum absolute atomic E-state index is 0.0216. The molecule has 0 aromatic carbocycles. The van der Waals surface area contributed by atoms with Gasteiger partial charge < -0.3 is 19.7 Å². The fourth-order valence-electron chi connectivity index (χ4n) is 4.47. The second-order valence-corrected chi connectivity index (χ2v) is 10.2. The summed E-state index contributed by atoms with van der Waals surface area (Å²) in [4.78, 5) is 25.7. The van der Waals surface area contributed by atoms with E-state index in [1.807, 2.05) is 0 Å². The Balaban J connectivity index is 3.80. The van der Waals surface area contributed by atoms with E-state index in [-0.39, 0.29) is 12.1 Å². The summed E-state index contributed by atoms with van der Waals surface area (Å²) in [7, 11) is 1.40. The van der Waals surface area contributed by atoms with Crippen molar-refractivity contribution in [1.82, 2.24) is 10.2 Å². The quantitative estimate of drug-likeness (QED) is 0.0891. The molecule has 0 unspecified atom stereocenters. The Hall–Kier alpha value is -1.30. The van der Waals surface area contributed by atoms with E-state index in [9.17, 15) is 9.59 Å². The lowest BCUT2D eigenvalue weighted by molar-refractivity contribution is -0.143. The molecule has 0 saturated heterocycles. The Morgan fingerprint density at radius 1 is 0.611 bits per heavy atom. The van der Waals surface area contributed by atoms with Gasteiger partial charge in [0.05, 0.1) is 13.7 Å². The standard InChI is InChI=1S/C30H60N2O4/c1-4-6-8-10-12-17-21-28-36-29(33)23-18-14-13-16-20-26-32(25-19-15-11-9-7-5-2)27-22-24-31-30(34)35-3/h4-28H2,1-3H3,(H,31,34). The summed E-state index contributed by atoms with van der Waals surface area (Å²) in [6.07, 6.45) is 23.4. The molecule has 0 fully saturated rings. The normalized spacial score (nSPS) is 11.1. The maximum atomic E-state index is 11.9. The van der Waals surface area contributed by atoms with Crippen LogP contribution in [0.25, 0.3) is 0 Å². The number of amides is 1. The number of methoxy groups -OCH3 is 1. The molecule has 0 aliphatic rings. The molecule has 0 rings (SSSR count).